The second-order valence-corrected chi connectivity index (χ2v) is 4.66. The van der Waals surface area contributed by atoms with Crippen molar-refractivity contribution in [1.29, 1.82) is 0 Å². The average molecular weight is 220 g/mol. The van der Waals surface area contributed by atoms with E-state index >= 15 is 0 Å². The van der Waals surface area contributed by atoms with Crippen molar-refractivity contribution in [2.45, 2.75) is 31.3 Å². The van der Waals surface area contributed by atoms with Crippen LogP contribution in [0.5, 0.6) is 11.5 Å². The smallest absolute Gasteiger partial charge is 0.165 e. The number of benzene rings is 1. The van der Waals surface area contributed by atoms with Gasteiger partial charge in [-0.25, -0.2) is 0 Å². The third kappa shape index (κ3) is 1.31. The molecular weight excluding hydrogens is 204 g/mol. The van der Waals surface area contributed by atoms with Crippen LogP contribution in [0.25, 0.3) is 0 Å². The van der Waals surface area contributed by atoms with Gasteiger partial charge in [0.1, 0.15) is 13.2 Å². The van der Waals surface area contributed by atoms with Gasteiger partial charge in [0.25, 0.3) is 0 Å². The number of ether oxygens (including phenoxy) is 2. The first-order valence-electron chi connectivity index (χ1n) is 5.81. The fourth-order valence-electron chi connectivity index (χ4n) is 2.51. The van der Waals surface area contributed by atoms with Gasteiger partial charge in [-0.1, -0.05) is 12.1 Å². The number of aliphatic hydroxyl groups excluding tert-OH is 1. The Hall–Kier alpha value is -1.22. The molecule has 2 aliphatic rings. The number of rotatable bonds is 2. The van der Waals surface area contributed by atoms with Crippen molar-refractivity contribution in [2.24, 2.45) is 0 Å². The molecule has 1 aromatic rings. The number of fused-ring (bicyclic) bond motifs is 1. The van der Waals surface area contributed by atoms with Crippen LogP contribution < -0.4 is 9.47 Å². The molecule has 1 unspecified atom stereocenters. The second-order valence-electron chi connectivity index (χ2n) is 4.66. The molecule has 3 nitrogen and oxygen atoms in total. The molecule has 1 fully saturated rings. The van der Waals surface area contributed by atoms with E-state index in [4.69, 9.17) is 9.47 Å². The highest BCUT2D eigenvalue weighted by Crippen LogP contribution is 2.55. The molecule has 1 aromatic carbocycles. The molecule has 1 aliphatic heterocycles. The highest BCUT2D eigenvalue weighted by atomic mass is 16.6. The van der Waals surface area contributed by atoms with Gasteiger partial charge < -0.3 is 14.6 Å². The summed E-state index contributed by atoms with van der Waals surface area (Å²) >= 11 is 0. The van der Waals surface area contributed by atoms with Crippen LogP contribution in [-0.4, -0.2) is 24.4 Å². The molecule has 0 radical (unpaired) electrons. The summed E-state index contributed by atoms with van der Waals surface area (Å²) in [5, 5.41) is 9.90. The fourth-order valence-corrected chi connectivity index (χ4v) is 2.51. The Kier molecular flexibility index (Phi) is 2.11. The zero-order valence-electron chi connectivity index (χ0n) is 9.40. The van der Waals surface area contributed by atoms with E-state index in [-0.39, 0.29) is 11.5 Å². The molecule has 0 amide bonds. The first-order chi connectivity index (χ1) is 7.74. The molecule has 3 heteroatoms. The molecule has 0 saturated heterocycles. The first-order valence-corrected chi connectivity index (χ1v) is 5.81. The van der Waals surface area contributed by atoms with E-state index in [0.717, 1.165) is 29.9 Å². The standard InChI is InChI=1S/C13H16O3/c1-9(14)13(5-6-13)10-3-2-4-11-12(10)16-8-7-15-11/h2-4,9,14H,5-8H2,1H3. The minimum atomic E-state index is -0.329. The van der Waals surface area contributed by atoms with E-state index < -0.39 is 0 Å². The Bertz CT molecular complexity index is 408. The lowest BCUT2D eigenvalue weighted by Gasteiger charge is -2.26. The van der Waals surface area contributed by atoms with Gasteiger partial charge in [-0.3, -0.25) is 0 Å². The van der Waals surface area contributed by atoms with E-state index in [1.165, 1.54) is 0 Å². The zero-order chi connectivity index (χ0) is 11.2. The van der Waals surface area contributed by atoms with E-state index in [1.807, 2.05) is 25.1 Å². The van der Waals surface area contributed by atoms with Crippen molar-refractivity contribution < 1.29 is 14.6 Å². The van der Waals surface area contributed by atoms with E-state index in [1.54, 1.807) is 0 Å². The van der Waals surface area contributed by atoms with Gasteiger partial charge >= 0.3 is 0 Å². The van der Waals surface area contributed by atoms with Gasteiger partial charge in [-0.05, 0) is 25.8 Å². The molecule has 1 atom stereocenters. The average Bonchev–Trinajstić information content (AvgIpc) is 3.09. The molecule has 1 saturated carbocycles. The quantitative estimate of drug-likeness (QED) is 0.827. The van der Waals surface area contributed by atoms with Crippen LogP contribution in [0.4, 0.5) is 0 Å². The molecular formula is C13H16O3. The van der Waals surface area contributed by atoms with E-state index in [0.29, 0.717) is 13.2 Å². The third-order valence-corrected chi connectivity index (χ3v) is 3.69. The maximum Gasteiger partial charge on any atom is 0.165 e. The maximum atomic E-state index is 9.90. The zero-order valence-corrected chi connectivity index (χ0v) is 9.40. The molecule has 3 rings (SSSR count). The highest BCUT2D eigenvalue weighted by molar-refractivity contribution is 5.53. The third-order valence-electron chi connectivity index (χ3n) is 3.69. The number of aliphatic hydroxyl groups is 1. The summed E-state index contributed by atoms with van der Waals surface area (Å²) in [4.78, 5) is 0. The number of hydrogen-bond donors (Lipinski definition) is 1. The molecule has 0 spiro atoms. The summed E-state index contributed by atoms with van der Waals surface area (Å²) in [7, 11) is 0. The fraction of sp³-hybridized carbons (Fsp3) is 0.538. The SMILES string of the molecule is CC(O)C1(c2cccc3c2OCCO3)CC1. The van der Waals surface area contributed by atoms with Crippen LogP contribution in [-0.2, 0) is 5.41 Å². The first kappa shape index (κ1) is 9.97. The van der Waals surface area contributed by atoms with E-state index in [9.17, 15) is 5.11 Å². The van der Waals surface area contributed by atoms with Crippen LogP contribution in [0.3, 0.4) is 0 Å². The van der Waals surface area contributed by atoms with Crippen LogP contribution in [0.2, 0.25) is 0 Å². The summed E-state index contributed by atoms with van der Waals surface area (Å²) in [5.74, 6) is 1.66. The van der Waals surface area contributed by atoms with Crippen molar-refractivity contribution in [3.8, 4) is 11.5 Å². The van der Waals surface area contributed by atoms with Crippen molar-refractivity contribution in [1.82, 2.24) is 0 Å². The topological polar surface area (TPSA) is 38.7 Å². The predicted octanol–water partition coefficient (Wildman–Crippen LogP) is 1.87. The summed E-state index contributed by atoms with van der Waals surface area (Å²) in [6.07, 6.45) is 1.74. The van der Waals surface area contributed by atoms with Crippen molar-refractivity contribution in [3.05, 3.63) is 23.8 Å². The van der Waals surface area contributed by atoms with Crippen LogP contribution >= 0.6 is 0 Å². The van der Waals surface area contributed by atoms with Crippen molar-refractivity contribution in [3.63, 3.8) is 0 Å². The lowest BCUT2D eigenvalue weighted by atomic mass is 9.89. The Labute approximate surface area is 95.0 Å². The summed E-state index contributed by atoms with van der Waals surface area (Å²) < 4.78 is 11.3. The minimum Gasteiger partial charge on any atom is -0.486 e. The predicted molar refractivity (Wildman–Crippen MR) is 60.0 cm³/mol. The largest absolute Gasteiger partial charge is 0.486 e. The van der Waals surface area contributed by atoms with Crippen molar-refractivity contribution in [2.75, 3.05) is 13.2 Å². The van der Waals surface area contributed by atoms with Gasteiger partial charge in [0.2, 0.25) is 0 Å². The second kappa shape index (κ2) is 3.39. The lowest BCUT2D eigenvalue weighted by molar-refractivity contribution is 0.139. The summed E-state index contributed by atoms with van der Waals surface area (Å²) in [6.45, 7) is 3.06. The Balaban J connectivity index is 2.08. The van der Waals surface area contributed by atoms with Crippen LogP contribution in [0.15, 0.2) is 18.2 Å². The van der Waals surface area contributed by atoms with Crippen LogP contribution in [0, 0.1) is 0 Å². The molecule has 1 N–H and O–H groups in total. The Morgan fingerprint density at radius 3 is 2.69 bits per heavy atom. The van der Waals surface area contributed by atoms with Gasteiger partial charge in [-0.2, -0.15) is 0 Å². The molecule has 1 heterocycles. The molecule has 16 heavy (non-hydrogen) atoms. The summed E-state index contributed by atoms with van der Waals surface area (Å²) in [5.41, 5.74) is 1.02. The molecule has 0 bridgehead atoms. The molecule has 0 aromatic heterocycles. The van der Waals surface area contributed by atoms with Crippen molar-refractivity contribution >= 4 is 0 Å². The monoisotopic (exact) mass is 220 g/mol. The number of para-hydroxylation sites is 1. The van der Waals surface area contributed by atoms with Gasteiger partial charge in [-0.15, -0.1) is 0 Å². The highest BCUT2D eigenvalue weighted by Gasteiger charge is 2.50. The molecule has 86 valence electrons. The lowest BCUT2D eigenvalue weighted by Crippen LogP contribution is -2.25. The minimum absolute atomic E-state index is 0.0912. The van der Waals surface area contributed by atoms with Gasteiger partial charge in [0, 0.05) is 11.0 Å². The Morgan fingerprint density at radius 2 is 2.00 bits per heavy atom. The van der Waals surface area contributed by atoms with Gasteiger partial charge in [0.05, 0.1) is 6.10 Å². The van der Waals surface area contributed by atoms with E-state index in [2.05, 4.69) is 0 Å². The maximum absolute atomic E-state index is 9.90. The van der Waals surface area contributed by atoms with Crippen LogP contribution in [0.1, 0.15) is 25.3 Å². The normalized spacial score (nSPS) is 22.6. The number of hydrogen-bond acceptors (Lipinski definition) is 3. The Morgan fingerprint density at radius 1 is 1.25 bits per heavy atom. The molecule has 1 aliphatic carbocycles. The summed E-state index contributed by atoms with van der Waals surface area (Å²) in [6, 6.07) is 5.95. The van der Waals surface area contributed by atoms with Gasteiger partial charge in [0.15, 0.2) is 11.5 Å².